The van der Waals surface area contributed by atoms with Crippen molar-refractivity contribution in [3.05, 3.63) is 35.5 Å². The number of nitrogens with one attached hydrogen (secondary N) is 1. The highest BCUT2D eigenvalue weighted by Gasteiger charge is 2.17. The van der Waals surface area contributed by atoms with Gasteiger partial charge in [0.25, 0.3) is 0 Å². The van der Waals surface area contributed by atoms with Crippen LogP contribution in [0.4, 0.5) is 0 Å². The van der Waals surface area contributed by atoms with Crippen LogP contribution >= 0.6 is 0 Å². The first-order valence-electron chi connectivity index (χ1n) is 6.71. The van der Waals surface area contributed by atoms with Crippen molar-refractivity contribution in [3.8, 4) is 0 Å². The van der Waals surface area contributed by atoms with Gasteiger partial charge in [-0.2, -0.15) is 0 Å². The van der Waals surface area contributed by atoms with E-state index < -0.39 is 0 Å². The van der Waals surface area contributed by atoms with Crippen molar-refractivity contribution in [1.29, 1.82) is 0 Å². The van der Waals surface area contributed by atoms with Crippen LogP contribution < -0.4 is 5.32 Å². The maximum absolute atomic E-state index is 3.50. The molecule has 2 nitrogen and oxygen atoms in total. The summed E-state index contributed by atoms with van der Waals surface area (Å²) in [6, 6.07) is 8.88. The van der Waals surface area contributed by atoms with Gasteiger partial charge < -0.3 is 9.88 Å². The molecule has 1 aliphatic heterocycles. The van der Waals surface area contributed by atoms with Gasteiger partial charge in [0.05, 0.1) is 0 Å². The number of para-hydroxylation sites is 1. The predicted molar refractivity (Wildman–Crippen MR) is 72.5 cm³/mol. The summed E-state index contributed by atoms with van der Waals surface area (Å²) in [6.45, 7) is 5.64. The molecule has 0 saturated heterocycles. The molecule has 2 aromatic rings. The van der Waals surface area contributed by atoms with Gasteiger partial charge in [-0.3, -0.25) is 0 Å². The standard InChI is InChI=1S/C15H20N2/c1-2-11-17-14-6-4-3-5-12(14)13-7-9-16-10-8-15(13)17/h3-6,16H,2,7-11H2,1H3. The van der Waals surface area contributed by atoms with Gasteiger partial charge in [-0.05, 0) is 31.0 Å². The number of hydrogen-bond acceptors (Lipinski definition) is 1. The molecule has 17 heavy (non-hydrogen) atoms. The van der Waals surface area contributed by atoms with E-state index in [1.807, 2.05) is 0 Å². The van der Waals surface area contributed by atoms with E-state index in [4.69, 9.17) is 0 Å². The topological polar surface area (TPSA) is 17.0 Å². The number of aryl methyl sites for hydroxylation is 1. The third kappa shape index (κ3) is 1.77. The number of rotatable bonds is 2. The summed E-state index contributed by atoms with van der Waals surface area (Å²) in [5.41, 5.74) is 4.58. The molecule has 0 atom stereocenters. The Morgan fingerprint density at radius 3 is 2.88 bits per heavy atom. The molecule has 1 aromatic carbocycles. The van der Waals surface area contributed by atoms with Gasteiger partial charge in [-0.1, -0.05) is 25.1 Å². The monoisotopic (exact) mass is 228 g/mol. The molecule has 1 aliphatic rings. The fourth-order valence-electron chi connectivity index (χ4n) is 3.02. The van der Waals surface area contributed by atoms with Crippen molar-refractivity contribution in [2.45, 2.75) is 32.7 Å². The van der Waals surface area contributed by atoms with Gasteiger partial charge in [-0.15, -0.1) is 0 Å². The molecule has 1 N–H and O–H groups in total. The van der Waals surface area contributed by atoms with Crippen LogP contribution in [-0.2, 0) is 19.4 Å². The molecule has 1 aromatic heterocycles. The average Bonchev–Trinajstić information content (AvgIpc) is 2.55. The van der Waals surface area contributed by atoms with E-state index in [-0.39, 0.29) is 0 Å². The lowest BCUT2D eigenvalue weighted by Gasteiger charge is -2.09. The maximum Gasteiger partial charge on any atom is 0.0485 e. The van der Waals surface area contributed by atoms with Crippen molar-refractivity contribution >= 4 is 10.9 Å². The molecular formula is C15H20N2. The summed E-state index contributed by atoms with van der Waals surface area (Å²) < 4.78 is 2.54. The van der Waals surface area contributed by atoms with Crippen molar-refractivity contribution in [1.82, 2.24) is 9.88 Å². The minimum absolute atomic E-state index is 1.12. The van der Waals surface area contributed by atoms with E-state index in [0.29, 0.717) is 0 Å². The lowest BCUT2D eigenvalue weighted by molar-refractivity contribution is 0.650. The second kappa shape index (κ2) is 4.53. The minimum Gasteiger partial charge on any atom is -0.344 e. The fourth-order valence-corrected chi connectivity index (χ4v) is 3.02. The van der Waals surface area contributed by atoms with E-state index in [1.54, 1.807) is 11.3 Å². The van der Waals surface area contributed by atoms with Crippen LogP contribution in [-0.4, -0.2) is 17.7 Å². The summed E-state index contributed by atoms with van der Waals surface area (Å²) in [5, 5.41) is 4.97. The molecule has 3 rings (SSSR count). The number of aromatic nitrogens is 1. The number of benzene rings is 1. The Morgan fingerprint density at radius 2 is 2.00 bits per heavy atom. The SMILES string of the molecule is CCCn1c2c(c3ccccc31)CCNCC2. The molecular weight excluding hydrogens is 208 g/mol. The lowest BCUT2D eigenvalue weighted by atomic mass is 10.1. The highest BCUT2D eigenvalue weighted by atomic mass is 15.0. The van der Waals surface area contributed by atoms with Crippen LogP contribution in [0, 0.1) is 0 Å². The Bertz CT molecular complexity index is 510. The zero-order valence-corrected chi connectivity index (χ0v) is 10.5. The van der Waals surface area contributed by atoms with Gasteiger partial charge in [0.1, 0.15) is 0 Å². The molecule has 0 unspecified atom stereocenters. The van der Waals surface area contributed by atoms with Gasteiger partial charge >= 0.3 is 0 Å². The average molecular weight is 228 g/mol. The molecule has 90 valence electrons. The van der Waals surface area contributed by atoms with Crippen molar-refractivity contribution in [2.24, 2.45) is 0 Å². The minimum atomic E-state index is 1.12. The van der Waals surface area contributed by atoms with Gasteiger partial charge in [0, 0.05) is 36.1 Å². The molecule has 0 spiro atoms. The van der Waals surface area contributed by atoms with Gasteiger partial charge in [0.2, 0.25) is 0 Å². The highest BCUT2D eigenvalue weighted by molar-refractivity contribution is 5.85. The van der Waals surface area contributed by atoms with Crippen LogP contribution in [0.15, 0.2) is 24.3 Å². The second-order valence-corrected chi connectivity index (χ2v) is 4.84. The summed E-state index contributed by atoms with van der Waals surface area (Å²) in [4.78, 5) is 0. The molecule has 0 bridgehead atoms. The Morgan fingerprint density at radius 1 is 1.18 bits per heavy atom. The molecule has 0 fully saturated rings. The molecule has 0 saturated carbocycles. The Balaban J connectivity index is 2.24. The van der Waals surface area contributed by atoms with E-state index in [9.17, 15) is 0 Å². The van der Waals surface area contributed by atoms with Crippen LogP contribution in [0.3, 0.4) is 0 Å². The first kappa shape index (κ1) is 10.8. The van der Waals surface area contributed by atoms with Crippen LogP contribution in [0.1, 0.15) is 24.6 Å². The van der Waals surface area contributed by atoms with Crippen LogP contribution in [0.5, 0.6) is 0 Å². The molecule has 0 aliphatic carbocycles. The third-order valence-corrected chi connectivity index (χ3v) is 3.73. The summed E-state index contributed by atoms with van der Waals surface area (Å²) in [6.07, 6.45) is 3.55. The quantitative estimate of drug-likeness (QED) is 0.836. The Kier molecular flexibility index (Phi) is 2.89. The highest BCUT2D eigenvalue weighted by Crippen LogP contribution is 2.28. The van der Waals surface area contributed by atoms with Crippen LogP contribution in [0.2, 0.25) is 0 Å². The first-order valence-corrected chi connectivity index (χ1v) is 6.71. The predicted octanol–water partition coefficient (Wildman–Crippen LogP) is 2.74. The second-order valence-electron chi connectivity index (χ2n) is 4.84. The van der Waals surface area contributed by atoms with Gasteiger partial charge in [-0.25, -0.2) is 0 Å². The first-order chi connectivity index (χ1) is 8.42. The maximum atomic E-state index is 3.50. The largest absolute Gasteiger partial charge is 0.344 e. The molecule has 2 heteroatoms. The number of nitrogens with zero attached hydrogens (tertiary/aromatic N) is 1. The fraction of sp³-hybridized carbons (Fsp3) is 0.467. The molecule has 0 amide bonds. The van der Waals surface area contributed by atoms with E-state index >= 15 is 0 Å². The summed E-state index contributed by atoms with van der Waals surface area (Å²) in [5.74, 6) is 0. The van der Waals surface area contributed by atoms with E-state index in [2.05, 4.69) is 41.1 Å². The van der Waals surface area contributed by atoms with Crippen molar-refractivity contribution in [2.75, 3.05) is 13.1 Å². The lowest BCUT2D eigenvalue weighted by Crippen LogP contribution is -2.17. The van der Waals surface area contributed by atoms with Gasteiger partial charge in [0.15, 0.2) is 0 Å². The normalized spacial score (nSPS) is 15.8. The zero-order chi connectivity index (χ0) is 11.7. The number of fused-ring (bicyclic) bond motifs is 3. The van der Waals surface area contributed by atoms with Crippen molar-refractivity contribution in [3.63, 3.8) is 0 Å². The molecule has 0 radical (unpaired) electrons. The summed E-state index contributed by atoms with van der Waals surface area (Å²) >= 11 is 0. The zero-order valence-electron chi connectivity index (χ0n) is 10.5. The molecule has 2 heterocycles. The Hall–Kier alpha value is -1.28. The smallest absolute Gasteiger partial charge is 0.0485 e. The van der Waals surface area contributed by atoms with E-state index in [1.165, 1.54) is 30.2 Å². The Labute approximate surface area is 103 Å². The van der Waals surface area contributed by atoms with E-state index in [0.717, 1.165) is 19.6 Å². The van der Waals surface area contributed by atoms with Crippen LogP contribution in [0.25, 0.3) is 10.9 Å². The summed E-state index contributed by atoms with van der Waals surface area (Å²) in [7, 11) is 0. The van der Waals surface area contributed by atoms with Crippen molar-refractivity contribution < 1.29 is 0 Å². The number of hydrogen-bond donors (Lipinski definition) is 1. The third-order valence-electron chi connectivity index (χ3n) is 3.73.